The summed E-state index contributed by atoms with van der Waals surface area (Å²) in [4.78, 5) is 23.3. The second-order valence-corrected chi connectivity index (χ2v) is 10.8. The molecule has 1 saturated heterocycles. The van der Waals surface area contributed by atoms with Crippen molar-refractivity contribution in [2.45, 2.75) is 33.2 Å². The van der Waals surface area contributed by atoms with E-state index in [0.29, 0.717) is 42.7 Å². The Bertz CT molecular complexity index is 1450. The SMILES string of the molecule is Cc1nn2c3c(nc2s1)CCN(C(=O)COc1ccc(N2CCOCC2)cc1Cl)C3c1c(C)noc1C. The highest BCUT2D eigenvalue weighted by atomic mass is 35.5. The van der Waals surface area contributed by atoms with Crippen LogP contribution in [-0.2, 0) is 16.0 Å². The van der Waals surface area contributed by atoms with Crippen LogP contribution in [0.25, 0.3) is 4.96 Å². The number of carbonyl (C=O) groups excluding carboxylic acids is 1. The summed E-state index contributed by atoms with van der Waals surface area (Å²) in [6, 6.07) is 5.23. The zero-order valence-electron chi connectivity index (χ0n) is 20.9. The molecule has 0 spiro atoms. The highest BCUT2D eigenvalue weighted by Crippen LogP contribution is 2.39. The molecule has 10 nitrogen and oxygen atoms in total. The summed E-state index contributed by atoms with van der Waals surface area (Å²) in [6.45, 7) is 9.07. The van der Waals surface area contributed by atoms with E-state index in [1.807, 2.05) is 48.4 Å². The number of hydrogen-bond acceptors (Lipinski definition) is 9. The zero-order valence-corrected chi connectivity index (χ0v) is 22.4. The van der Waals surface area contributed by atoms with Crippen LogP contribution < -0.4 is 9.64 Å². The lowest BCUT2D eigenvalue weighted by atomic mass is 9.94. The third-order valence-corrected chi connectivity index (χ3v) is 8.02. The lowest BCUT2D eigenvalue weighted by molar-refractivity contribution is -0.135. The quantitative estimate of drug-likeness (QED) is 0.376. The van der Waals surface area contributed by atoms with Crippen LogP contribution in [0.15, 0.2) is 22.7 Å². The Morgan fingerprint density at radius 1 is 1.22 bits per heavy atom. The normalized spacial score (nSPS) is 17.9. The number of aromatic nitrogens is 4. The molecule has 5 heterocycles. The first-order valence-corrected chi connectivity index (χ1v) is 13.4. The van der Waals surface area contributed by atoms with Crippen LogP contribution in [0.5, 0.6) is 5.75 Å². The van der Waals surface area contributed by atoms with Crippen molar-refractivity contribution in [1.29, 1.82) is 0 Å². The summed E-state index contributed by atoms with van der Waals surface area (Å²) in [7, 11) is 0. The molecule has 12 heteroatoms. The molecule has 0 radical (unpaired) electrons. The molecule has 1 unspecified atom stereocenters. The molecule has 4 aromatic rings. The Morgan fingerprint density at radius 2 is 2.03 bits per heavy atom. The molecule has 194 valence electrons. The maximum atomic E-state index is 13.6. The molecule has 6 rings (SSSR count). The van der Waals surface area contributed by atoms with Gasteiger partial charge >= 0.3 is 0 Å². The number of anilines is 1. The summed E-state index contributed by atoms with van der Waals surface area (Å²) in [5.41, 5.74) is 4.42. The van der Waals surface area contributed by atoms with Gasteiger partial charge in [0.05, 0.1) is 35.3 Å². The average molecular weight is 543 g/mol. The van der Waals surface area contributed by atoms with Crippen molar-refractivity contribution >= 4 is 39.5 Å². The van der Waals surface area contributed by atoms with E-state index in [4.69, 9.17) is 30.6 Å². The highest BCUT2D eigenvalue weighted by molar-refractivity contribution is 7.16. The predicted octanol–water partition coefficient (Wildman–Crippen LogP) is 3.75. The van der Waals surface area contributed by atoms with Gasteiger partial charge in [-0.3, -0.25) is 4.79 Å². The number of fused-ring (bicyclic) bond motifs is 3. The first-order valence-electron chi connectivity index (χ1n) is 12.2. The van der Waals surface area contributed by atoms with Gasteiger partial charge < -0.3 is 23.8 Å². The monoisotopic (exact) mass is 542 g/mol. The van der Waals surface area contributed by atoms with Crippen molar-refractivity contribution in [3.05, 3.63) is 56.6 Å². The predicted molar refractivity (Wildman–Crippen MR) is 139 cm³/mol. The van der Waals surface area contributed by atoms with Gasteiger partial charge in [0, 0.05) is 37.3 Å². The van der Waals surface area contributed by atoms with Gasteiger partial charge in [-0.15, -0.1) is 0 Å². The van der Waals surface area contributed by atoms with Crippen molar-refractivity contribution in [2.75, 3.05) is 44.4 Å². The minimum atomic E-state index is -0.429. The number of rotatable bonds is 5. The molecule has 1 aromatic carbocycles. The van der Waals surface area contributed by atoms with Crippen molar-refractivity contribution in [2.24, 2.45) is 0 Å². The van der Waals surface area contributed by atoms with Crippen molar-refractivity contribution in [1.82, 2.24) is 24.7 Å². The first-order chi connectivity index (χ1) is 17.9. The number of aryl methyl sites for hydroxylation is 3. The largest absolute Gasteiger partial charge is 0.482 e. The van der Waals surface area contributed by atoms with E-state index in [1.165, 1.54) is 11.3 Å². The second-order valence-electron chi connectivity index (χ2n) is 9.24. The standard InChI is InChI=1S/C25H27ClN6O4S/c1-14-22(15(2)36-29-14)24-23-19(27-25-32(23)28-16(3)37-25)6-7-31(24)21(33)13-35-20-5-4-17(12-18(20)26)30-8-10-34-11-9-30/h4-5,12,24H,6-11,13H2,1-3H3. The second kappa shape index (κ2) is 9.62. The molecular weight excluding hydrogens is 516 g/mol. The Kier molecular flexibility index (Phi) is 6.29. The topological polar surface area (TPSA) is 98.2 Å². The maximum Gasteiger partial charge on any atom is 0.261 e. The lowest BCUT2D eigenvalue weighted by Gasteiger charge is -2.35. The third-order valence-electron chi connectivity index (χ3n) is 6.90. The summed E-state index contributed by atoms with van der Waals surface area (Å²) in [5.74, 6) is 0.976. The van der Waals surface area contributed by atoms with Gasteiger partial charge in [-0.05, 0) is 39.0 Å². The molecule has 0 aliphatic carbocycles. The van der Waals surface area contributed by atoms with Crippen LogP contribution in [0, 0.1) is 20.8 Å². The molecule has 1 fully saturated rings. The average Bonchev–Trinajstić information content (AvgIpc) is 3.54. The maximum absolute atomic E-state index is 13.6. The zero-order chi connectivity index (χ0) is 25.7. The van der Waals surface area contributed by atoms with Crippen LogP contribution in [0.2, 0.25) is 5.02 Å². The molecule has 0 N–H and O–H groups in total. The van der Waals surface area contributed by atoms with Crippen LogP contribution >= 0.6 is 22.9 Å². The number of morpholine rings is 1. The molecule has 3 aromatic heterocycles. The van der Waals surface area contributed by atoms with Gasteiger partial charge in [0.2, 0.25) is 4.96 Å². The number of hydrogen-bond donors (Lipinski definition) is 0. The minimum absolute atomic E-state index is 0.149. The fraction of sp³-hybridized carbons (Fsp3) is 0.440. The summed E-state index contributed by atoms with van der Waals surface area (Å²) >= 11 is 8.07. The molecule has 1 atom stereocenters. The van der Waals surface area contributed by atoms with Crippen LogP contribution in [0.1, 0.15) is 39.5 Å². The van der Waals surface area contributed by atoms with Gasteiger partial charge in [0.25, 0.3) is 5.91 Å². The van der Waals surface area contributed by atoms with Gasteiger partial charge in [-0.1, -0.05) is 28.1 Å². The molecule has 2 aliphatic heterocycles. The van der Waals surface area contributed by atoms with E-state index in [2.05, 4.69) is 15.2 Å². The Balaban J connectivity index is 1.27. The van der Waals surface area contributed by atoms with Crippen molar-refractivity contribution < 1.29 is 18.8 Å². The fourth-order valence-corrected chi connectivity index (χ4v) is 6.15. The van der Waals surface area contributed by atoms with Gasteiger partial charge in [-0.25, -0.2) is 9.50 Å². The molecule has 1 amide bonds. The minimum Gasteiger partial charge on any atom is -0.482 e. The highest BCUT2D eigenvalue weighted by Gasteiger charge is 2.39. The Morgan fingerprint density at radius 3 is 2.76 bits per heavy atom. The number of imidazole rings is 1. The van der Waals surface area contributed by atoms with Crippen LogP contribution in [0.4, 0.5) is 5.69 Å². The number of halogens is 1. The first kappa shape index (κ1) is 24.2. The number of benzene rings is 1. The number of amides is 1. The van der Waals surface area contributed by atoms with Crippen molar-refractivity contribution in [3.63, 3.8) is 0 Å². The fourth-order valence-electron chi connectivity index (χ4n) is 5.15. The summed E-state index contributed by atoms with van der Waals surface area (Å²) in [5, 5.41) is 10.2. The van der Waals surface area contributed by atoms with E-state index >= 15 is 0 Å². The summed E-state index contributed by atoms with van der Waals surface area (Å²) in [6.07, 6.45) is 0.630. The van der Waals surface area contributed by atoms with E-state index in [0.717, 1.165) is 51.4 Å². The number of carbonyl (C=O) groups is 1. The Labute approximate surface area is 222 Å². The number of nitrogens with zero attached hydrogens (tertiary/aromatic N) is 6. The molecule has 0 saturated carbocycles. The molecule has 0 bridgehead atoms. The summed E-state index contributed by atoms with van der Waals surface area (Å²) < 4.78 is 18.7. The van der Waals surface area contributed by atoms with E-state index in [1.54, 1.807) is 0 Å². The third kappa shape index (κ3) is 4.34. The smallest absolute Gasteiger partial charge is 0.261 e. The number of ether oxygens (including phenoxy) is 2. The van der Waals surface area contributed by atoms with Gasteiger partial charge in [0.15, 0.2) is 6.61 Å². The van der Waals surface area contributed by atoms with E-state index in [-0.39, 0.29) is 12.5 Å². The van der Waals surface area contributed by atoms with Crippen molar-refractivity contribution in [3.8, 4) is 5.75 Å². The lowest BCUT2D eigenvalue weighted by Crippen LogP contribution is -2.43. The Hall–Kier alpha value is -3.15. The van der Waals surface area contributed by atoms with E-state index < -0.39 is 6.04 Å². The van der Waals surface area contributed by atoms with Crippen LogP contribution in [0.3, 0.4) is 0 Å². The molecular formula is C25H27ClN6O4S. The molecule has 2 aliphatic rings. The van der Waals surface area contributed by atoms with Crippen LogP contribution in [-0.4, -0.2) is 70.0 Å². The molecule has 37 heavy (non-hydrogen) atoms. The van der Waals surface area contributed by atoms with Gasteiger partial charge in [0.1, 0.15) is 22.6 Å². The van der Waals surface area contributed by atoms with E-state index in [9.17, 15) is 4.79 Å². The van der Waals surface area contributed by atoms with Gasteiger partial charge in [-0.2, -0.15) is 5.10 Å².